The summed E-state index contributed by atoms with van der Waals surface area (Å²) in [5.74, 6) is -0.700. The maximum absolute atomic E-state index is 12.9. The highest BCUT2D eigenvalue weighted by atomic mass is 79.9. The Morgan fingerprint density at radius 1 is 1.53 bits per heavy atom. The molecule has 0 aromatic heterocycles. The molecule has 0 radical (unpaired) electrons. The Hall–Kier alpha value is -1.35. The van der Waals surface area contributed by atoms with Gasteiger partial charge in [0.15, 0.2) is 5.69 Å². The van der Waals surface area contributed by atoms with Crippen molar-refractivity contribution in [2.24, 2.45) is 10.7 Å². The van der Waals surface area contributed by atoms with Crippen molar-refractivity contribution in [2.75, 3.05) is 5.88 Å². The first-order chi connectivity index (χ1) is 8.68. The number of halogens is 5. The molecule has 1 aromatic carbocycles. The zero-order valence-electron chi connectivity index (χ0n) is 9.04. The zero-order valence-corrected chi connectivity index (χ0v) is 11.4. The second kappa shape index (κ2) is 5.74. The number of alkyl halides is 4. The third-order valence-corrected chi connectivity index (χ3v) is 2.91. The average molecular weight is 361 g/mol. The van der Waals surface area contributed by atoms with E-state index in [1.165, 1.54) is 0 Å². The minimum absolute atomic E-state index is 0.346. The third kappa shape index (κ3) is 3.57. The molecule has 0 unspecified atom stereocenters. The molecule has 0 bridgehead atoms. The van der Waals surface area contributed by atoms with Crippen LogP contribution in [0.3, 0.4) is 0 Å². The smallest absolute Gasteiger partial charge is 0.386 e. The first-order valence-electron chi connectivity index (χ1n) is 4.61. The second-order valence-corrected chi connectivity index (χ2v) is 4.40. The molecule has 0 aliphatic carbocycles. The van der Waals surface area contributed by atoms with Crippen LogP contribution in [0.15, 0.2) is 21.6 Å². The quantitative estimate of drug-likeness (QED) is 0.294. The van der Waals surface area contributed by atoms with Gasteiger partial charge in [0.25, 0.3) is 5.69 Å². The van der Waals surface area contributed by atoms with Gasteiger partial charge in [-0.05, 0) is 6.07 Å². The summed E-state index contributed by atoms with van der Waals surface area (Å²) < 4.78 is 38.4. The highest BCUT2D eigenvalue weighted by Crippen LogP contribution is 2.45. The molecule has 0 saturated carbocycles. The molecule has 0 saturated heterocycles. The maximum atomic E-state index is 12.9. The summed E-state index contributed by atoms with van der Waals surface area (Å²) in [6, 6.07) is 1.83. The van der Waals surface area contributed by atoms with Crippen LogP contribution in [-0.4, -0.2) is 16.6 Å². The van der Waals surface area contributed by atoms with E-state index in [1.807, 2.05) is 0 Å². The fourth-order valence-electron chi connectivity index (χ4n) is 1.26. The van der Waals surface area contributed by atoms with Crippen LogP contribution in [0.1, 0.15) is 5.56 Å². The Labute approximate surface area is 118 Å². The predicted molar refractivity (Wildman–Crippen MR) is 67.8 cm³/mol. The van der Waals surface area contributed by atoms with E-state index in [4.69, 9.17) is 17.3 Å². The minimum atomic E-state index is -4.82. The first-order valence-corrected chi connectivity index (χ1v) is 5.94. The van der Waals surface area contributed by atoms with Crippen molar-refractivity contribution in [3.63, 3.8) is 0 Å². The predicted octanol–water partition coefficient (Wildman–Crippen LogP) is 3.60. The van der Waals surface area contributed by atoms with Gasteiger partial charge in [0.1, 0.15) is 11.4 Å². The molecule has 0 heterocycles. The van der Waals surface area contributed by atoms with Crippen molar-refractivity contribution in [1.29, 1.82) is 0 Å². The Balaban J connectivity index is 3.70. The second-order valence-electron chi connectivity index (χ2n) is 3.28. The van der Waals surface area contributed by atoms with Gasteiger partial charge in [-0.2, -0.15) is 13.2 Å². The summed E-state index contributed by atoms with van der Waals surface area (Å²) in [7, 11) is 0. The lowest BCUT2D eigenvalue weighted by molar-refractivity contribution is -0.384. The lowest BCUT2D eigenvalue weighted by Crippen LogP contribution is -2.14. The molecule has 19 heavy (non-hydrogen) atoms. The fourth-order valence-corrected chi connectivity index (χ4v) is 1.86. The molecule has 1 rings (SSSR count). The molecule has 104 valence electrons. The van der Waals surface area contributed by atoms with Gasteiger partial charge in [-0.3, -0.25) is 10.1 Å². The van der Waals surface area contributed by atoms with Crippen LogP contribution in [0.25, 0.3) is 0 Å². The summed E-state index contributed by atoms with van der Waals surface area (Å²) in [6.45, 7) is 0. The van der Waals surface area contributed by atoms with Crippen LogP contribution in [0.5, 0.6) is 0 Å². The summed E-state index contributed by atoms with van der Waals surface area (Å²) in [4.78, 5) is 13.2. The number of nitro benzene ring substituents is 1. The monoisotopic (exact) mass is 359 g/mol. The van der Waals surface area contributed by atoms with Crippen molar-refractivity contribution >= 4 is 44.7 Å². The van der Waals surface area contributed by atoms with E-state index in [0.717, 1.165) is 12.1 Å². The summed E-state index contributed by atoms with van der Waals surface area (Å²) in [5, 5.41) is 10.8. The van der Waals surface area contributed by atoms with Crippen LogP contribution >= 0.6 is 27.5 Å². The minimum Gasteiger partial charge on any atom is -0.386 e. The van der Waals surface area contributed by atoms with Gasteiger partial charge in [-0.15, -0.1) is 11.6 Å². The number of aliphatic imine (C=N–C) groups is 1. The topological polar surface area (TPSA) is 81.5 Å². The van der Waals surface area contributed by atoms with E-state index in [1.54, 1.807) is 0 Å². The summed E-state index contributed by atoms with van der Waals surface area (Å²) in [6.07, 6.45) is -4.82. The lowest BCUT2D eigenvalue weighted by Gasteiger charge is -2.12. The van der Waals surface area contributed by atoms with Gasteiger partial charge in [0.2, 0.25) is 0 Å². The van der Waals surface area contributed by atoms with E-state index in [0.29, 0.717) is 0 Å². The molecule has 0 fully saturated rings. The Morgan fingerprint density at radius 2 is 2.11 bits per heavy atom. The van der Waals surface area contributed by atoms with E-state index < -0.39 is 28.0 Å². The molecule has 0 aliphatic rings. The SMILES string of the molecule is NC(CCl)=Nc1c([N+](=O)[O-])ccc(Br)c1C(F)(F)F. The number of rotatable bonds is 3. The molecule has 2 N–H and O–H groups in total. The Bertz CT molecular complexity index is 548. The largest absolute Gasteiger partial charge is 0.419 e. The first kappa shape index (κ1) is 15.7. The van der Waals surface area contributed by atoms with Crippen LogP contribution in [0.4, 0.5) is 24.5 Å². The van der Waals surface area contributed by atoms with Crippen molar-refractivity contribution in [1.82, 2.24) is 0 Å². The Morgan fingerprint density at radius 3 is 2.53 bits per heavy atom. The molecular formula is C9H6BrClF3N3O2. The van der Waals surface area contributed by atoms with Crippen molar-refractivity contribution in [2.45, 2.75) is 6.18 Å². The molecule has 10 heteroatoms. The van der Waals surface area contributed by atoms with E-state index >= 15 is 0 Å². The van der Waals surface area contributed by atoms with Crippen LogP contribution in [0.2, 0.25) is 0 Å². The van der Waals surface area contributed by atoms with Gasteiger partial charge in [-0.25, -0.2) is 4.99 Å². The summed E-state index contributed by atoms with van der Waals surface area (Å²) in [5.41, 5.74) is 2.31. The Kier molecular flexibility index (Phi) is 4.75. The zero-order chi connectivity index (χ0) is 14.8. The third-order valence-electron chi connectivity index (χ3n) is 1.98. The lowest BCUT2D eigenvalue weighted by atomic mass is 10.1. The number of nitro groups is 1. The van der Waals surface area contributed by atoms with Gasteiger partial charge in [-0.1, -0.05) is 15.9 Å². The van der Waals surface area contributed by atoms with E-state index in [-0.39, 0.29) is 16.2 Å². The molecule has 0 amide bonds. The highest BCUT2D eigenvalue weighted by Gasteiger charge is 2.39. The normalized spacial score (nSPS) is 12.6. The molecule has 0 atom stereocenters. The van der Waals surface area contributed by atoms with Gasteiger partial charge in [0, 0.05) is 10.5 Å². The van der Waals surface area contributed by atoms with Crippen LogP contribution in [-0.2, 0) is 6.18 Å². The fraction of sp³-hybridized carbons (Fsp3) is 0.222. The molecule has 0 aliphatic heterocycles. The van der Waals surface area contributed by atoms with Crippen molar-refractivity contribution in [3.05, 3.63) is 32.3 Å². The van der Waals surface area contributed by atoms with Gasteiger partial charge in [0.05, 0.1) is 10.8 Å². The van der Waals surface area contributed by atoms with E-state index in [2.05, 4.69) is 20.9 Å². The number of nitrogens with zero attached hydrogens (tertiary/aromatic N) is 2. The van der Waals surface area contributed by atoms with Crippen molar-refractivity contribution < 1.29 is 18.1 Å². The maximum Gasteiger partial charge on any atom is 0.419 e. The summed E-state index contributed by atoms with van der Waals surface area (Å²) >= 11 is 8.01. The van der Waals surface area contributed by atoms with Gasteiger partial charge < -0.3 is 5.73 Å². The molecular weight excluding hydrogens is 354 g/mol. The van der Waals surface area contributed by atoms with Gasteiger partial charge >= 0.3 is 6.18 Å². The van der Waals surface area contributed by atoms with Crippen LogP contribution in [0, 0.1) is 10.1 Å². The number of benzene rings is 1. The molecule has 1 aromatic rings. The molecule has 5 nitrogen and oxygen atoms in total. The van der Waals surface area contributed by atoms with Crippen LogP contribution < -0.4 is 5.73 Å². The standard InChI is InChI=1S/C9H6BrClF3N3O2/c10-4-1-2-5(17(18)19)8(16-6(15)3-11)7(4)9(12,13)14/h1-2H,3H2,(H2,15,16). The molecule has 0 spiro atoms. The number of amidine groups is 1. The highest BCUT2D eigenvalue weighted by molar-refractivity contribution is 9.10. The number of nitrogens with two attached hydrogens (primary N) is 1. The number of hydrogen-bond donors (Lipinski definition) is 1. The number of hydrogen-bond acceptors (Lipinski definition) is 3. The van der Waals surface area contributed by atoms with E-state index in [9.17, 15) is 23.3 Å². The van der Waals surface area contributed by atoms with Crippen molar-refractivity contribution in [3.8, 4) is 0 Å². The average Bonchev–Trinajstić information content (AvgIpc) is 2.26.